The first-order valence-corrected chi connectivity index (χ1v) is 11.4. The molecule has 4 aromatic rings. The summed E-state index contributed by atoms with van der Waals surface area (Å²) >= 11 is 0. The fourth-order valence-electron chi connectivity index (χ4n) is 4.22. The Kier molecular flexibility index (Phi) is 6.42. The van der Waals surface area contributed by atoms with Crippen LogP contribution in [0.4, 0.5) is 10.3 Å². The van der Waals surface area contributed by atoms with E-state index in [4.69, 9.17) is 5.21 Å². The maximum absolute atomic E-state index is 13.8. The van der Waals surface area contributed by atoms with Crippen LogP contribution >= 0.6 is 0 Å². The number of hydroxylamine groups is 1. The van der Waals surface area contributed by atoms with E-state index < -0.39 is 5.91 Å². The van der Waals surface area contributed by atoms with Crippen molar-refractivity contribution in [3.8, 4) is 0 Å². The van der Waals surface area contributed by atoms with Crippen molar-refractivity contribution in [3.05, 3.63) is 89.6 Å². The Bertz CT molecular complexity index is 1420. The summed E-state index contributed by atoms with van der Waals surface area (Å²) in [6.45, 7) is 1.92. The van der Waals surface area contributed by atoms with Crippen LogP contribution in [0.15, 0.2) is 67.1 Å². The molecule has 0 unspecified atom stereocenters. The number of H-pyrrole nitrogens is 1. The Balaban J connectivity index is 1.38. The molecule has 3 heterocycles. The van der Waals surface area contributed by atoms with Gasteiger partial charge >= 0.3 is 0 Å². The maximum atomic E-state index is 13.8. The lowest BCUT2D eigenvalue weighted by Crippen LogP contribution is -2.49. The largest absolute Gasteiger partial charge is 0.361 e. The minimum Gasteiger partial charge on any atom is -0.361 e. The van der Waals surface area contributed by atoms with Gasteiger partial charge in [-0.2, -0.15) is 0 Å². The highest BCUT2D eigenvalue weighted by atomic mass is 19.1. The van der Waals surface area contributed by atoms with Crippen molar-refractivity contribution in [2.75, 3.05) is 31.1 Å². The lowest BCUT2D eigenvalue weighted by molar-refractivity contribution is -0.125. The number of carbonyl (C=O) groups excluding carboxylic acids is 2. The van der Waals surface area contributed by atoms with Gasteiger partial charge in [-0.3, -0.25) is 14.8 Å². The minimum atomic E-state index is -0.685. The molecule has 1 aliphatic rings. The lowest BCUT2D eigenvalue weighted by Gasteiger charge is -2.35. The van der Waals surface area contributed by atoms with Crippen molar-refractivity contribution in [3.63, 3.8) is 0 Å². The average molecular weight is 487 g/mol. The highest BCUT2D eigenvalue weighted by Gasteiger charge is 2.27. The summed E-state index contributed by atoms with van der Waals surface area (Å²) in [5.74, 6) is -0.708. The van der Waals surface area contributed by atoms with Gasteiger partial charge in [-0.05, 0) is 29.8 Å². The van der Waals surface area contributed by atoms with E-state index in [0.717, 1.165) is 22.0 Å². The highest BCUT2D eigenvalue weighted by molar-refractivity contribution is 6.27. The molecule has 1 aliphatic heterocycles. The van der Waals surface area contributed by atoms with Crippen molar-refractivity contribution in [2.24, 2.45) is 0 Å². The molecule has 0 saturated carbocycles. The SMILES string of the molecule is O=C(NO)c1cnc(N2CCN(C(=O)/C(=C/c3ccc(F)cc3)c3c[nH]c4ccccc34)CC2)nc1. The van der Waals surface area contributed by atoms with Crippen molar-refractivity contribution >= 4 is 40.3 Å². The van der Waals surface area contributed by atoms with Gasteiger partial charge in [-0.1, -0.05) is 30.3 Å². The smallest absolute Gasteiger partial charge is 0.277 e. The first-order chi connectivity index (χ1) is 17.5. The summed E-state index contributed by atoms with van der Waals surface area (Å²) < 4.78 is 13.5. The number of benzene rings is 2. The molecule has 0 atom stereocenters. The van der Waals surface area contributed by atoms with Gasteiger partial charge in [0, 0.05) is 66.8 Å². The molecule has 2 aromatic carbocycles. The molecule has 0 radical (unpaired) electrons. The Morgan fingerprint density at radius 1 is 1.00 bits per heavy atom. The van der Waals surface area contributed by atoms with Crippen LogP contribution in [0.1, 0.15) is 21.5 Å². The Morgan fingerprint density at radius 3 is 2.39 bits per heavy atom. The van der Waals surface area contributed by atoms with Crippen LogP contribution in [0.25, 0.3) is 22.6 Å². The number of aromatic amines is 1. The summed E-state index contributed by atoms with van der Waals surface area (Å²) in [7, 11) is 0. The molecule has 2 aromatic heterocycles. The molecular formula is C26H23FN6O3. The van der Waals surface area contributed by atoms with E-state index in [1.54, 1.807) is 28.6 Å². The standard InChI is InChI=1S/C26H23FN6O3/c27-19-7-5-17(6-8-19)13-21(22-16-28-23-4-2-1-3-20(22)23)25(35)32-9-11-33(12-10-32)26-29-14-18(15-30-26)24(34)31-36/h1-8,13-16,28,36H,9-12H2,(H,31,34)/b21-13+. The van der Waals surface area contributed by atoms with Crippen molar-refractivity contribution in [1.29, 1.82) is 0 Å². The number of rotatable bonds is 5. The number of aromatic nitrogens is 3. The number of hydrogen-bond donors (Lipinski definition) is 3. The summed E-state index contributed by atoms with van der Waals surface area (Å²) in [6, 6.07) is 13.8. The first kappa shape index (κ1) is 23.2. The molecule has 0 spiro atoms. The van der Waals surface area contributed by atoms with Crippen molar-refractivity contribution < 1.29 is 19.2 Å². The van der Waals surface area contributed by atoms with Gasteiger partial charge in [-0.25, -0.2) is 19.8 Å². The number of fused-ring (bicyclic) bond motifs is 1. The second-order valence-electron chi connectivity index (χ2n) is 8.35. The predicted molar refractivity (Wildman–Crippen MR) is 133 cm³/mol. The minimum absolute atomic E-state index is 0.125. The van der Waals surface area contributed by atoms with Crippen LogP contribution in [-0.4, -0.2) is 63.1 Å². The van der Waals surface area contributed by atoms with E-state index in [0.29, 0.717) is 37.7 Å². The van der Waals surface area contributed by atoms with Gasteiger partial charge < -0.3 is 14.8 Å². The summed E-state index contributed by atoms with van der Waals surface area (Å²) in [4.78, 5) is 40.6. The molecule has 5 rings (SSSR count). The van der Waals surface area contributed by atoms with Gasteiger partial charge in [0.25, 0.3) is 11.8 Å². The molecule has 36 heavy (non-hydrogen) atoms. The molecule has 0 bridgehead atoms. The Morgan fingerprint density at radius 2 is 1.69 bits per heavy atom. The second kappa shape index (κ2) is 9.96. The monoisotopic (exact) mass is 486 g/mol. The molecule has 2 amide bonds. The van der Waals surface area contributed by atoms with Crippen LogP contribution in [0.5, 0.6) is 0 Å². The van der Waals surface area contributed by atoms with E-state index in [1.165, 1.54) is 24.5 Å². The number of nitrogens with zero attached hydrogens (tertiary/aromatic N) is 4. The van der Waals surface area contributed by atoms with Gasteiger partial charge in [-0.15, -0.1) is 0 Å². The zero-order valence-electron chi connectivity index (χ0n) is 19.2. The maximum Gasteiger partial charge on any atom is 0.277 e. The number of para-hydroxylation sites is 1. The van der Waals surface area contributed by atoms with Gasteiger partial charge in [0.15, 0.2) is 0 Å². The third-order valence-electron chi connectivity index (χ3n) is 6.14. The van der Waals surface area contributed by atoms with E-state index in [2.05, 4.69) is 15.0 Å². The molecule has 1 saturated heterocycles. The molecular weight excluding hydrogens is 463 g/mol. The summed E-state index contributed by atoms with van der Waals surface area (Å²) in [5.41, 5.74) is 4.64. The van der Waals surface area contributed by atoms with Crippen LogP contribution in [0.2, 0.25) is 0 Å². The second-order valence-corrected chi connectivity index (χ2v) is 8.35. The quantitative estimate of drug-likeness (QED) is 0.227. The van der Waals surface area contributed by atoms with Gasteiger partial charge in [0.05, 0.1) is 5.56 Å². The molecule has 0 aliphatic carbocycles. The average Bonchev–Trinajstić information content (AvgIpc) is 3.36. The lowest BCUT2D eigenvalue weighted by atomic mass is 10.00. The van der Waals surface area contributed by atoms with Gasteiger partial charge in [0.2, 0.25) is 5.95 Å². The number of hydrogen-bond acceptors (Lipinski definition) is 6. The fraction of sp³-hybridized carbons (Fsp3) is 0.154. The number of nitrogens with one attached hydrogen (secondary N) is 2. The molecule has 182 valence electrons. The number of anilines is 1. The predicted octanol–water partition coefficient (Wildman–Crippen LogP) is 3.11. The van der Waals surface area contributed by atoms with E-state index in [9.17, 15) is 14.0 Å². The zero-order chi connectivity index (χ0) is 25.1. The van der Waals surface area contributed by atoms with Crippen molar-refractivity contribution in [2.45, 2.75) is 0 Å². The van der Waals surface area contributed by atoms with Crippen LogP contribution in [-0.2, 0) is 4.79 Å². The normalized spacial score (nSPS) is 14.2. The summed E-state index contributed by atoms with van der Waals surface area (Å²) in [6.07, 6.45) is 6.29. The zero-order valence-corrected chi connectivity index (χ0v) is 19.2. The first-order valence-electron chi connectivity index (χ1n) is 11.4. The number of halogens is 1. The van der Waals surface area contributed by atoms with E-state index in [-0.39, 0.29) is 17.3 Å². The third-order valence-corrected chi connectivity index (χ3v) is 6.14. The molecule has 10 heteroatoms. The van der Waals surface area contributed by atoms with Crippen LogP contribution < -0.4 is 10.4 Å². The van der Waals surface area contributed by atoms with E-state index >= 15 is 0 Å². The Labute approximate surface area is 205 Å². The molecule has 3 N–H and O–H groups in total. The molecule has 9 nitrogen and oxygen atoms in total. The topological polar surface area (TPSA) is 114 Å². The van der Waals surface area contributed by atoms with Crippen molar-refractivity contribution in [1.82, 2.24) is 25.3 Å². The fourth-order valence-corrected chi connectivity index (χ4v) is 4.22. The van der Waals surface area contributed by atoms with Gasteiger partial charge in [0.1, 0.15) is 5.82 Å². The number of carbonyl (C=O) groups is 2. The van der Waals surface area contributed by atoms with E-state index in [1.807, 2.05) is 35.4 Å². The molecule has 1 fully saturated rings. The summed E-state index contributed by atoms with van der Waals surface area (Å²) in [5, 5.41) is 9.67. The number of piperazine rings is 1. The Hall–Kier alpha value is -4.57. The third kappa shape index (κ3) is 4.66. The highest BCUT2D eigenvalue weighted by Crippen LogP contribution is 2.29. The number of amides is 2. The van der Waals surface area contributed by atoms with Crippen LogP contribution in [0.3, 0.4) is 0 Å². The van der Waals surface area contributed by atoms with Crippen LogP contribution in [0, 0.1) is 5.82 Å².